The summed E-state index contributed by atoms with van der Waals surface area (Å²) in [4.78, 5) is 20.8. The van der Waals surface area contributed by atoms with Gasteiger partial charge in [0.05, 0.1) is 24.4 Å². The SMILES string of the molecule is CCOc1ccccc1C(=O)NCc1cc(C2CC2)ncn1. The van der Waals surface area contributed by atoms with Crippen molar-refractivity contribution in [1.29, 1.82) is 0 Å². The summed E-state index contributed by atoms with van der Waals surface area (Å²) >= 11 is 0. The number of nitrogens with zero attached hydrogens (tertiary/aromatic N) is 2. The molecule has 0 radical (unpaired) electrons. The third-order valence-corrected chi connectivity index (χ3v) is 3.60. The molecule has 1 N–H and O–H groups in total. The topological polar surface area (TPSA) is 64.1 Å². The van der Waals surface area contributed by atoms with Gasteiger partial charge in [-0.3, -0.25) is 4.79 Å². The van der Waals surface area contributed by atoms with Crippen molar-refractivity contribution in [3.05, 3.63) is 53.6 Å². The number of carbonyl (C=O) groups is 1. The van der Waals surface area contributed by atoms with Crippen LogP contribution in [0.5, 0.6) is 5.75 Å². The molecular weight excluding hydrogens is 278 g/mol. The van der Waals surface area contributed by atoms with Crippen LogP contribution in [0.2, 0.25) is 0 Å². The second-order valence-corrected chi connectivity index (χ2v) is 5.32. The van der Waals surface area contributed by atoms with Crippen LogP contribution >= 0.6 is 0 Å². The zero-order valence-corrected chi connectivity index (χ0v) is 12.6. The highest BCUT2D eigenvalue weighted by Crippen LogP contribution is 2.38. The Bertz CT molecular complexity index is 668. The lowest BCUT2D eigenvalue weighted by Gasteiger charge is -2.10. The van der Waals surface area contributed by atoms with Gasteiger partial charge in [0.15, 0.2) is 0 Å². The minimum absolute atomic E-state index is 0.157. The van der Waals surface area contributed by atoms with E-state index in [1.807, 2.05) is 25.1 Å². The molecule has 1 aromatic carbocycles. The zero-order chi connectivity index (χ0) is 15.4. The van der Waals surface area contributed by atoms with Crippen molar-refractivity contribution in [2.75, 3.05) is 6.61 Å². The average molecular weight is 297 g/mol. The first-order valence-corrected chi connectivity index (χ1v) is 7.58. The van der Waals surface area contributed by atoms with Gasteiger partial charge in [-0.1, -0.05) is 12.1 Å². The number of hydrogen-bond acceptors (Lipinski definition) is 4. The lowest BCUT2D eigenvalue weighted by atomic mass is 10.2. The predicted molar refractivity (Wildman–Crippen MR) is 82.8 cm³/mol. The Morgan fingerprint density at radius 1 is 1.32 bits per heavy atom. The van der Waals surface area contributed by atoms with E-state index in [1.165, 1.54) is 12.8 Å². The van der Waals surface area contributed by atoms with Crippen molar-refractivity contribution in [1.82, 2.24) is 15.3 Å². The third kappa shape index (κ3) is 3.42. The molecule has 114 valence electrons. The molecule has 1 fully saturated rings. The van der Waals surface area contributed by atoms with Gasteiger partial charge >= 0.3 is 0 Å². The molecule has 0 saturated heterocycles. The fourth-order valence-corrected chi connectivity index (χ4v) is 2.32. The summed E-state index contributed by atoms with van der Waals surface area (Å²) in [6.45, 7) is 2.82. The minimum Gasteiger partial charge on any atom is -0.493 e. The van der Waals surface area contributed by atoms with E-state index in [1.54, 1.807) is 18.5 Å². The number of amides is 1. The summed E-state index contributed by atoms with van der Waals surface area (Å²) in [6.07, 6.45) is 3.97. The maximum atomic E-state index is 12.3. The second-order valence-electron chi connectivity index (χ2n) is 5.32. The number of ether oxygens (including phenoxy) is 1. The van der Waals surface area contributed by atoms with E-state index in [0.29, 0.717) is 30.4 Å². The molecule has 5 heteroatoms. The smallest absolute Gasteiger partial charge is 0.255 e. The molecule has 1 aromatic heterocycles. The first-order valence-electron chi connectivity index (χ1n) is 7.58. The number of hydrogen-bond donors (Lipinski definition) is 1. The van der Waals surface area contributed by atoms with Gasteiger partial charge in [-0.05, 0) is 38.0 Å². The van der Waals surface area contributed by atoms with Gasteiger partial charge in [0.2, 0.25) is 0 Å². The largest absolute Gasteiger partial charge is 0.493 e. The molecule has 0 spiro atoms. The molecule has 3 rings (SSSR count). The molecule has 1 aliphatic rings. The van der Waals surface area contributed by atoms with Crippen LogP contribution < -0.4 is 10.1 Å². The summed E-state index contributed by atoms with van der Waals surface area (Å²) in [7, 11) is 0. The number of rotatable bonds is 6. The molecule has 5 nitrogen and oxygen atoms in total. The molecule has 22 heavy (non-hydrogen) atoms. The molecule has 1 heterocycles. The Hall–Kier alpha value is -2.43. The van der Waals surface area contributed by atoms with Crippen LogP contribution in [0.4, 0.5) is 0 Å². The fraction of sp³-hybridized carbons (Fsp3) is 0.353. The van der Waals surface area contributed by atoms with E-state index >= 15 is 0 Å². The lowest BCUT2D eigenvalue weighted by molar-refractivity contribution is 0.0946. The average Bonchev–Trinajstić information content (AvgIpc) is 3.39. The van der Waals surface area contributed by atoms with Crippen molar-refractivity contribution >= 4 is 5.91 Å². The molecule has 0 aliphatic heterocycles. The molecular formula is C17H19N3O2. The van der Waals surface area contributed by atoms with Crippen molar-refractivity contribution in [2.24, 2.45) is 0 Å². The number of aromatic nitrogens is 2. The maximum absolute atomic E-state index is 12.3. The van der Waals surface area contributed by atoms with Crippen LogP contribution in [-0.2, 0) is 6.54 Å². The van der Waals surface area contributed by atoms with Gasteiger partial charge in [0.25, 0.3) is 5.91 Å². The maximum Gasteiger partial charge on any atom is 0.255 e. The minimum atomic E-state index is -0.157. The van der Waals surface area contributed by atoms with Gasteiger partial charge < -0.3 is 10.1 Å². The summed E-state index contributed by atoms with van der Waals surface area (Å²) in [5, 5.41) is 2.89. The summed E-state index contributed by atoms with van der Waals surface area (Å²) in [6, 6.07) is 9.22. The number of nitrogens with one attached hydrogen (secondary N) is 1. The summed E-state index contributed by atoms with van der Waals surface area (Å²) < 4.78 is 5.48. The second kappa shape index (κ2) is 6.56. The van der Waals surface area contributed by atoms with Gasteiger partial charge in [-0.2, -0.15) is 0 Å². The molecule has 0 bridgehead atoms. The van der Waals surface area contributed by atoms with E-state index in [9.17, 15) is 4.79 Å². The van der Waals surface area contributed by atoms with Gasteiger partial charge in [0.1, 0.15) is 12.1 Å². The van der Waals surface area contributed by atoms with E-state index in [0.717, 1.165) is 11.4 Å². The Labute approximate surface area is 129 Å². The van der Waals surface area contributed by atoms with Crippen LogP contribution in [0, 0.1) is 0 Å². The quantitative estimate of drug-likeness (QED) is 0.890. The Morgan fingerprint density at radius 3 is 2.91 bits per heavy atom. The molecule has 1 saturated carbocycles. The number of para-hydroxylation sites is 1. The molecule has 0 unspecified atom stereocenters. The van der Waals surface area contributed by atoms with Crippen molar-refractivity contribution in [2.45, 2.75) is 32.2 Å². The normalized spacial score (nSPS) is 13.7. The highest BCUT2D eigenvalue weighted by molar-refractivity contribution is 5.96. The molecule has 1 aliphatic carbocycles. The van der Waals surface area contributed by atoms with E-state index in [4.69, 9.17) is 4.74 Å². The molecule has 1 amide bonds. The first-order chi connectivity index (χ1) is 10.8. The Morgan fingerprint density at radius 2 is 2.14 bits per heavy atom. The fourth-order valence-electron chi connectivity index (χ4n) is 2.32. The van der Waals surface area contributed by atoms with Crippen LogP contribution in [-0.4, -0.2) is 22.5 Å². The van der Waals surface area contributed by atoms with Crippen LogP contribution in [0.25, 0.3) is 0 Å². The third-order valence-electron chi connectivity index (χ3n) is 3.60. The highest BCUT2D eigenvalue weighted by Gasteiger charge is 2.25. The van der Waals surface area contributed by atoms with Gasteiger partial charge in [0, 0.05) is 11.6 Å². The monoisotopic (exact) mass is 297 g/mol. The van der Waals surface area contributed by atoms with Gasteiger partial charge in [-0.25, -0.2) is 9.97 Å². The van der Waals surface area contributed by atoms with E-state index < -0.39 is 0 Å². The van der Waals surface area contributed by atoms with Crippen molar-refractivity contribution in [3.8, 4) is 5.75 Å². The number of benzene rings is 1. The Kier molecular flexibility index (Phi) is 4.32. The Balaban J connectivity index is 1.66. The zero-order valence-electron chi connectivity index (χ0n) is 12.6. The molecule has 0 atom stereocenters. The van der Waals surface area contributed by atoms with Crippen molar-refractivity contribution in [3.63, 3.8) is 0 Å². The highest BCUT2D eigenvalue weighted by atomic mass is 16.5. The van der Waals surface area contributed by atoms with E-state index in [2.05, 4.69) is 15.3 Å². The summed E-state index contributed by atoms with van der Waals surface area (Å²) in [5.41, 5.74) is 2.45. The summed E-state index contributed by atoms with van der Waals surface area (Å²) in [5.74, 6) is 1.02. The van der Waals surface area contributed by atoms with E-state index in [-0.39, 0.29) is 5.91 Å². The predicted octanol–water partition coefficient (Wildman–Crippen LogP) is 2.68. The molecule has 2 aromatic rings. The first kappa shape index (κ1) is 14.5. The van der Waals surface area contributed by atoms with Crippen molar-refractivity contribution < 1.29 is 9.53 Å². The van der Waals surface area contributed by atoms with Gasteiger partial charge in [-0.15, -0.1) is 0 Å². The number of carbonyl (C=O) groups excluding carboxylic acids is 1. The standard InChI is InChI=1S/C17H19N3O2/c1-2-22-16-6-4-3-5-14(16)17(21)18-10-13-9-15(12-7-8-12)20-11-19-13/h3-6,9,11-12H,2,7-8,10H2,1H3,(H,18,21). The van der Waals surface area contributed by atoms with Crippen LogP contribution in [0.1, 0.15) is 47.4 Å². The lowest BCUT2D eigenvalue weighted by Crippen LogP contribution is -2.24. The van der Waals surface area contributed by atoms with Crippen LogP contribution in [0.15, 0.2) is 36.7 Å². The van der Waals surface area contributed by atoms with Crippen LogP contribution in [0.3, 0.4) is 0 Å².